The van der Waals surface area contributed by atoms with Crippen LogP contribution >= 0.6 is 15.9 Å². The highest BCUT2D eigenvalue weighted by Gasteiger charge is 2.40. The summed E-state index contributed by atoms with van der Waals surface area (Å²) in [5.41, 5.74) is -1.90. The van der Waals surface area contributed by atoms with Crippen LogP contribution in [0.2, 0.25) is 0 Å². The van der Waals surface area contributed by atoms with Crippen molar-refractivity contribution in [1.29, 1.82) is 0 Å². The van der Waals surface area contributed by atoms with Crippen molar-refractivity contribution >= 4 is 27.4 Å². The van der Waals surface area contributed by atoms with Crippen molar-refractivity contribution in [3.8, 4) is 5.75 Å². The molecule has 17 heavy (non-hydrogen) atoms. The zero-order chi connectivity index (χ0) is 13.4. The smallest absolute Gasteiger partial charge is 0.454 e. The van der Waals surface area contributed by atoms with Gasteiger partial charge in [0.2, 0.25) is 5.75 Å². The Morgan fingerprint density at radius 1 is 1.41 bits per heavy atom. The summed E-state index contributed by atoms with van der Waals surface area (Å²) in [5, 5.41) is 19.6. The van der Waals surface area contributed by atoms with Crippen LogP contribution in [-0.2, 0) is 0 Å². The molecule has 0 aliphatic rings. The molecule has 0 bridgehead atoms. The van der Waals surface area contributed by atoms with E-state index in [4.69, 9.17) is 0 Å². The van der Waals surface area contributed by atoms with Crippen LogP contribution in [0, 0.1) is 10.1 Å². The number of carbonyl (C=O) groups excluding carboxylic acids is 1. The largest absolute Gasteiger partial charge is 0.501 e. The second-order valence-electron chi connectivity index (χ2n) is 2.91. The quantitative estimate of drug-likeness (QED) is 0.517. The van der Waals surface area contributed by atoms with Crippen molar-refractivity contribution < 1.29 is 28.0 Å². The lowest BCUT2D eigenvalue weighted by Crippen LogP contribution is -2.22. The van der Waals surface area contributed by atoms with Crippen LogP contribution in [-0.4, -0.2) is 22.0 Å². The van der Waals surface area contributed by atoms with Crippen LogP contribution in [0.15, 0.2) is 16.6 Å². The fraction of sp³-hybridized carbons (Fsp3) is 0.125. The molecule has 9 heteroatoms. The Bertz CT molecular complexity index is 500. The molecule has 0 spiro atoms. The van der Waals surface area contributed by atoms with Gasteiger partial charge in [0.05, 0.1) is 9.40 Å². The van der Waals surface area contributed by atoms with Crippen molar-refractivity contribution in [3.63, 3.8) is 0 Å². The van der Waals surface area contributed by atoms with Crippen LogP contribution in [0.1, 0.15) is 10.4 Å². The maximum atomic E-state index is 12.1. The summed E-state index contributed by atoms with van der Waals surface area (Å²) in [5.74, 6) is -3.06. The molecule has 1 aromatic carbocycles. The molecule has 0 aliphatic carbocycles. The number of nitrogens with zero attached hydrogens (tertiary/aromatic N) is 1. The van der Waals surface area contributed by atoms with Gasteiger partial charge in [0.15, 0.2) is 0 Å². The Hall–Kier alpha value is -1.64. The third-order valence-electron chi connectivity index (χ3n) is 1.76. The SMILES string of the molecule is O=C(c1cc(Br)c(O)c([N+](=O)[O-])c1)C(F)(F)F. The predicted octanol–water partition coefficient (Wildman–Crippen LogP) is 2.81. The molecule has 0 atom stereocenters. The molecule has 0 aromatic heterocycles. The molecular formula is C8H3BrF3NO4. The number of hydrogen-bond donors (Lipinski definition) is 1. The van der Waals surface area contributed by atoms with Gasteiger partial charge in [-0.2, -0.15) is 13.2 Å². The van der Waals surface area contributed by atoms with Crippen LogP contribution in [0.3, 0.4) is 0 Å². The Kier molecular flexibility index (Phi) is 3.41. The number of nitro benzene ring substituents is 1. The van der Waals surface area contributed by atoms with E-state index in [1.807, 2.05) is 0 Å². The van der Waals surface area contributed by atoms with Gasteiger partial charge in [-0.05, 0) is 22.0 Å². The lowest BCUT2D eigenvalue weighted by atomic mass is 10.1. The molecule has 5 nitrogen and oxygen atoms in total. The highest BCUT2D eigenvalue weighted by Crippen LogP contribution is 2.36. The molecular weight excluding hydrogens is 311 g/mol. The average molecular weight is 314 g/mol. The van der Waals surface area contributed by atoms with E-state index >= 15 is 0 Å². The van der Waals surface area contributed by atoms with E-state index < -0.39 is 33.9 Å². The standard InChI is InChI=1S/C8H3BrF3NO4/c9-4-1-3(7(15)8(10,11)12)2-5(6(4)14)13(16)17/h1-2,14H. The predicted molar refractivity (Wildman–Crippen MR) is 52.8 cm³/mol. The fourth-order valence-electron chi connectivity index (χ4n) is 1.02. The number of nitro groups is 1. The molecule has 0 saturated carbocycles. The van der Waals surface area contributed by atoms with Crippen LogP contribution in [0.4, 0.5) is 18.9 Å². The molecule has 0 fully saturated rings. The molecule has 0 aliphatic heterocycles. The van der Waals surface area contributed by atoms with Crippen molar-refractivity contribution in [1.82, 2.24) is 0 Å². The number of phenols is 1. The highest BCUT2D eigenvalue weighted by molar-refractivity contribution is 9.10. The Balaban J connectivity index is 3.39. The van der Waals surface area contributed by atoms with E-state index in [1.165, 1.54) is 0 Å². The first-order valence-corrected chi connectivity index (χ1v) is 4.72. The molecule has 0 unspecified atom stereocenters. The number of ketones is 1. The Morgan fingerprint density at radius 3 is 2.35 bits per heavy atom. The third kappa shape index (κ3) is 2.73. The average Bonchev–Trinajstić information content (AvgIpc) is 2.19. The lowest BCUT2D eigenvalue weighted by Gasteiger charge is -2.06. The van der Waals surface area contributed by atoms with Gasteiger partial charge in [-0.1, -0.05) is 0 Å². The van der Waals surface area contributed by atoms with Crippen molar-refractivity contribution in [2.24, 2.45) is 0 Å². The summed E-state index contributed by atoms with van der Waals surface area (Å²) in [7, 11) is 0. The first-order chi connectivity index (χ1) is 7.64. The molecule has 0 heterocycles. The van der Waals surface area contributed by atoms with Crippen LogP contribution < -0.4 is 0 Å². The minimum atomic E-state index is -5.13. The van der Waals surface area contributed by atoms with E-state index in [1.54, 1.807) is 0 Å². The van der Waals surface area contributed by atoms with Gasteiger partial charge in [-0.25, -0.2) is 0 Å². The topological polar surface area (TPSA) is 80.4 Å². The number of benzene rings is 1. The molecule has 92 valence electrons. The van der Waals surface area contributed by atoms with Crippen LogP contribution in [0.25, 0.3) is 0 Å². The summed E-state index contributed by atoms with van der Waals surface area (Å²) in [6.45, 7) is 0. The van der Waals surface area contributed by atoms with Gasteiger partial charge >= 0.3 is 11.9 Å². The highest BCUT2D eigenvalue weighted by atomic mass is 79.9. The lowest BCUT2D eigenvalue weighted by molar-refractivity contribution is -0.386. The first-order valence-electron chi connectivity index (χ1n) is 3.93. The van der Waals surface area contributed by atoms with Crippen molar-refractivity contribution in [3.05, 3.63) is 32.3 Å². The normalized spacial score (nSPS) is 11.3. The van der Waals surface area contributed by atoms with Crippen molar-refractivity contribution in [2.75, 3.05) is 0 Å². The minimum Gasteiger partial charge on any atom is -0.501 e. The summed E-state index contributed by atoms with van der Waals surface area (Å²) in [6, 6.07) is 1.04. The molecule has 0 amide bonds. The van der Waals surface area contributed by atoms with Gasteiger partial charge in [-0.15, -0.1) is 0 Å². The molecule has 0 radical (unpaired) electrons. The molecule has 1 rings (SSSR count). The van der Waals surface area contributed by atoms with E-state index in [0.29, 0.717) is 12.1 Å². The fourth-order valence-corrected chi connectivity index (χ4v) is 1.47. The number of Topliss-reactive ketones (excluding diaryl/α,β-unsaturated/α-hetero) is 1. The number of halogens is 4. The maximum Gasteiger partial charge on any atom is 0.454 e. The van der Waals surface area contributed by atoms with Crippen LogP contribution in [0.5, 0.6) is 5.75 Å². The minimum absolute atomic E-state index is 0.362. The number of rotatable bonds is 2. The van der Waals surface area contributed by atoms with E-state index in [9.17, 15) is 33.2 Å². The van der Waals surface area contributed by atoms with E-state index in [0.717, 1.165) is 0 Å². The van der Waals surface area contributed by atoms with Crippen molar-refractivity contribution in [2.45, 2.75) is 6.18 Å². The van der Waals surface area contributed by atoms with E-state index in [2.05, 4.69) is 15.9 Å². The number of phenolic OH excluding ortho intramolecular Hbond substituents is 1. The summed E-state index contributed by atoms with van der Waals surface area (Å²) >= 11 is 2.63. The second kappa shape index (κ2) is 4.32. The van der Waals surface area contributed by atoms with Gasteiger partial charge in [0.1, 0.15) is 0 Å². The third-order valence-corrected chi connectivity index (χ3v) is 2.36. The monoisotopic (exact) mass is 313 g/mol. The number of alkyl halides is 3. The van der Waals surface area contributed by atoms with Gasteiger partial charge in [0, 0.05) is 11.6 Å². The van der Waals surface area contributed by atoms with Gasteiger partial charge in [0.25, 0.3) is 5.78 Å². The Morgan fingerprint density at radius 2 is 1.94 bits per heavy atom. The number of hydrogen-bond acceptors (Lipinski definition) is 4. The molecule has 1 aromatic rings. The van der Waals surface area contributed by atoms with Gasteiger partial charge in [-0.3, -0.25) is 14.9 Å². The van der Waals surface area contributed by atoms with E-state index in [-0.39, 0.29) is 4.47 Å². The summed E-state index contributed by atoms with van der Waals surface area (Å²) in [6.07, 6.45) is -5.13. The zero-order valence-electron chi connectivity index (χ0n) is 7.79. The molecule has 1 N–H and O–H groups in total. The Labute approximate surface area is 100 Å². The zero-order valence-corrected chi connectivity index (χ0v) is 9.37. The maximum absolute atomic E-state index is 12.1. The number of carbonyl (C=O) groups is 1. The van der Waals surface area contributed by atoms with Gasteiger partial charge < -0.3 is 5.11 Å². The summed E-state index contributed by atoms with van der Waals surface area (Å²) in [4.78, 5) is 20.2. The summed E-state index contributed by atoms with van der Waals surface area (Å²) < 4.78 is 35.9. The second-order valence-corrected chi connectivity index (χ2v) is 3.76. The number of aromatic hydroxyl groups is 1. The molecule has 0 saturated heterocycles. The first kappa shape index (κ1) is 13.4.